The van der Waals surface area contributed by atoms with Crippen molar-refractivity contribution in [3.8, 4) is 0 Å². The number of furan rings is 1. The number of aryl methyl sites for hydroxylation is 2. The molecule has 22 heavy (non-hydrogen) atoms. The maximum absolute atomic E-state index is 11.6. The van der Waals surface area contributed by atoms with Crippen LogP contribution in [0.5, 0.6) is 0 Å². The van der Waals surface area contributed by atoms with Crippen molar-refractivity contribution in [1.29, 1.82) is 0 Å². The van der Waals surface area contributed by atoms with Gasteiger partial charge in [-0.2, -0.15) is 5.10 Å². The van der Waals surface area contributed by atoms with Gasteiger partial charge in [0.2, 0.25) is 5.91 Å². The average Bonchev–Trinajstić information content (AvgIpc) is 3.10. The first-order chi connectivity index (χ1) is 10.5. The van der Waals surface area contributed by atoms with Gasteiger partial charge in [0.15, 0.2) is 0 Å². The molecule has 116 valence electrons. The molecule has 2 heterocycles. The summed E-state index contributed by atoms with van der Waals surface area (Å²) < 4.78 is 6.72. The maximum Gasteiger partial charge on any atom is 0.433 e. The summed E-state index contributed by atoms with van der Waals surface area (Å²) in [6.45, 7) is 3.16. The van der Waals surface area contributed by atoms with Crippen LogP contribution in [-0.2, 0) is 11.3 Å². The molecule has 8 nitrogen and oxygen atoms in total. The van der Waals surface area contributed by atoms with Crippen molar-refractivity contribution in [3.63, 3.8) is 0 Å². The maximum atomic E-state index is 11.6. The van der Waals surface area contributed by atoms with Crippen LogP contribution < -0.4 is 5.32 Å². The minimum absolute atomic E-state index is 0.258. The van der Waals surface area contributed by atoms with Crippen LogP contribution in [0, 0.1) is 17.0 Å². The molecule has 0 atom stereocenters. The van der Waals surface area contributed by atoms with E-state index < -0.39 is 4.92 Å². The van der Waals surface area contributed by atoms with Gasteiger partial charge in [0.05, 0.1) is 11.8 Å². The standard InChI is InChI=1S/C14H16N4O4/c1-11-7-10-17(16-11)9-2-8-15-13(19)5-3-12-4-6-14(22-12)18(20)21/h3-7,10H,2,8-9H2,1H3,(H,15,19)/b5-3+. The van der Waals surface area contributed by atoms with E-state index in [1.165, 1.54) is 24.3 Å². The number of carbonyl (C=O) groups excluding carboxylic acids is 1. The Morgan fingerprint density at radius 1 is 1.50 bits per heavy atom. The van der Waals surface area contributed by atoms with Crippen molar-refractivity contribution in [3.05, 3.63) is 52.0 Å². The number of carbonyl (C=O) groups is 1. The molecule has 1 N–H and O–H groups in total. The van der Waals surface area contributed by atoms with Crippen LogP contribution in [0.3, 0.4) is 0 Å². The predicted octanol–water partition coefficient (Wildman–Crippen LogP) is 1.91. The van der Waals surface area contributed by atoms with Crippen LogP contribution in [0.15, 0.2) is 34.9 Å². The van der Waals surface area contributed by atoms with Crippen LogP contribution in [0.4, 0.5) is 5.88 Å². The summed E-state index contributed by atoms with van der Waals surface area (Å²) in [5.74, 6) is -0.376. The number of hydrogen-bond donors (Lipinski definition) is 1. The Hall–Kier alpha value is -2.90. The third kappa shape index (κ3) is 4.58. The van der Waals surface area contributed by atoms with E-state index >= 15 is 0 Å². The summed E-state index contributed by atoms with van der Waals surface area (Å²) in [6, 6.07) is 4.59. The molecule has 0 saturated heterocycles. The Labute approximate surface area is 126 Å². The van der Waals surface area contributed by atoms with Gasteiger partial charge < -0.3 is 9.73 Å². The topological polar surface area (TPSA) is 103 Å². The van der Waals surface area contributed by atoms with Crippen molar-refractivity contribution >= 4 is 17.9 Å². The molecule has 1 amide bonds. The Balaban J connectivity index is 1.70. The van der Waals surface area contributed by atoms with E-state index in [1.54, 1.807) is 0 Å². The summed E-state index contributed by atoms with van der Waals surface area (Å²) in [7, 11) is 0. The molecule has 0 bridgehead atoms. The van der Waals surface area contributed by atoms with Crippen molar-refractivity contribution < 1.29 is 14.1 Å². The van der Waals surface area contributed by atoms with Gasteiger partial charge in [-0.1, -0.05) is 0 Å². The first-order valence-electron chi connectivity index (χ1n) is 6.75. The van der Waals surface area contributed by atoms with E-state index in [4.69, 9.17) is 4.42 Å². The van der Waals surface area contributed by atoms with E-state index in [0.717, 1.165) is 18.7 Å². The van der Waals surface area contributed by atoms with Gasteiger partial charge in [0, 0.05) is 25.4 Å². The monoisotopic (exact) mass is 304 g/mol. The lowest BCUT2D eigenvalue weighted by atomic mass is 10.3. The Bertz CT molecular complexity index is 687. The van der Waals surface area contributed by atoms with Crippen LogP contribution in [0.25, 0.3) is 6.08 Å². The average molecular weight is 304 g/mol. The normalized spacial score (nSPS) is 11.0. The molecule has 0 fully saturated rings. The molecule has 2 aromatic rings. The largest absolute Gasteiger partial charge is 0.433 e. The number of nitrogens with one attached hydrogen (secondary N) is 1. The molecule has 0 aliphatic carbocycles. The number of amides is 1. The number of aromatic nitrogens is 2. The highest BCUT2D eigenvalue weighted by molar-refractivity contribution is 5.91. The van der Waals surface area contributed by atoms with Gasteiger partial charge in [-0.3, -0.25) is 19.6 Å². The molecule has 0 radical (unpaired) electrons. The highest BCUT2D eigenvalue weighted by Gasteiger charge is 2.09. The van der Waals surface area contributed by atoms with Gasteiger partial charge in [0.1, 0.15) is 10.7 Å². The molecular weight excluding hydrogens is 288 g/mol. The van der Waals surface area contributed by atoms with Crippen LogP contribution in [0.1, 0.15) is 17.9 Å². The Kier molecular flexibility index (Phi) is 5.07. The van der Waals surface area contributed by atoms with Crippen molar-refractivity contribution in [2.75, 3.05) is 6.54 Å². The predicted molar refractivity (Wildman–Crippen MR) is 79.0 cm³/mol. The summed E-state index contributed by atoms with van der Waals surface area (Å²) in [6.07, 6.45) is 5.31. The Morgan fingerprint density at radius 2 is 2.32 bits per heavy atom. The smallest absolute Gasteiger partial charge is 0.401 e. The van der Waals surface area contributed by atoms with E-state index in [1.807, 2.05) is 23.9 Å². The number of nitro groups is 1. The van der Waals surface area contributed by atoms with Crippen LogP contribution in [0.2, 0.25) is 0 Å². The number of rotatable bonds is 7. The summed E-state index contributed by atoms with van der Waals surface area (Å²) >= 11 is 0. The van der Waals surface area contributed by atoms with Gasteiger partial charge in [-0.05, 0) is 31.6 Å². The summed E-state index contributed by atoms with van der Waals surface area (Å²) in [5, 5.41) is 17.4. The van der Waals surface area contributed by atoms with E-state index in [-0.39, 0.29) is 17.6 Å². The van der Waals surface area contributed by atoms with Gasteiger partial charge in [-0.15, -0.1) is 0 Å². The van der Waals surface area contributed by atoms with Crippen LogP contribution in [-0.4, -0.2) is 27.2 Å². The van der Waals surface area contributed by atoms with E-state index in [9.17, 15) is 14.9 Å². The lowest BCUT2D eigenvalue weighted by Gasteiger charge is -2.02. The third-order valence-electron chi connectivity index (χ3n) is 2.83. The van der Waals surface area contributed by atoms with Crippen molar-refractivity contribution in [1.82, 2.24) is 15.1 Å². The number of hydrogen-bond acceptors (Lipinski definition) is 5. The summed E-state index contributed by atoms with van der Waals surface area (Å²) in [5.41, 5.74) is 0.958. The molecule has 0 saturated carbocycles. The lowest BCUT2D eigenvalue weighted by Crippen LogP contribution is -2.23. The fraction of sp³-hybridized carbons (Fsp3) is 0.286. The lowest BCUT2D eigenvalue weighted by molar-refractivity contribution is -0.402. The third-order valence-corrected chi connectivity index (χ3v) is 2.83. The molecule has 2 rings (SSSR count). The van der Waals surface area contributed by atoms with Gasteiger partial charge >= 0.3 is 5.88 Å². The first-order valence-corrected chi connectivity index (χ1v) is 6.75. The molecule has 0 spiro atoms. The first kappa shape index (κ1) is 15.5. The van der Waals surface area contributed by atoms with Gasteiger partial charge in [-0.25, -0.2) is 0 Å². The molecule has 0 aromatic carbocycles. The second-order valence-corrected chi connectivity index (χ2v) is 4.63. The second-order valence-electron chi connectivity index (χ2n) is 4.63. The van der Waals surface area contributed by atoms with Crippen molar-refractivity contribution in [2.24, 2.45) is 0 Å². The Morgan fingerprint density at radius 3 is 2.95 bits per heavy atom. The summed E-state index contributed by atoms with van der Waals surface area (Å²) in [4.78, 5) is 21.4. The fourth-order valence-corrected chi connectivity index (χ4v) is 1.79. The zero-order chi connectivity index (χ0) is 15.9. The van der Waals surface area contributed by atoms with Gasteiger partial charge in [0.25, 0.3) is 0 Å². The molecule has 2 aromatic heterocycles. The zero-order valence-corrected chi connectivity index (χ0v) is 12.1. The second kappa shape index (κ2) is 7.21. The number of nitrogens with zero attached hydrogens (tertiary/aromatic N) is 3. The van der Waals surface area contributed by atoms with Crippen LogP contribution >= 0.6 is 0 Å². The fourth-order valence-electron chi connectivity index (χ4n) is 1.79. The molecule has 0 aliphatic rings. The SMILES string of the molecule is Cc1ccn(CCCNC(=O)/C=C/c2ccc([N+](=O)[O-])o2)n1. The minimum Gasteiger partial charge on any atom is -0.401 e. The van der Waals surface area contributed by atoms with E-state index in [2.05, 4.69) is 10.4 Å². The minimum atomic E-state index is -0.631. The molecular formula is C14H16N4O4. The highest BCUT2D eigenvalue weighted by Crippen LogP contribution is 2.16. The zero-order valence-electron chi connectivity index (χ0n) is 12.1. The highest BCUT2D eigenvalue weighted by atomic mass is 16.6. The molecule has 0 aliphatic heterocycles. The van der Waals surface area contributed by atoms with Crippen molar-refractivity contribution in [2.45, 2.75) is 19.9 Å². The molecule has 8 heteroatoms. The van der Waals surface area contributed by atoms with E-state index in [0.29, 0.717) is 6.54 Å². The quantitative estimate of drug-likeness (QED) is 0.364. The molecule has 0 unspecified atom stereocenters.